The Hall–Kier alpha value is -2.44. The van der Waals surface area contributed by atoms with Gasteiger partial charge in [-0.25, -0.2) is 9.59 Å². The molecule has 2 rings (SSSR count). The molecule has 7 heteroatoms. The molecule has 1 saturated carbocycles. The Kier molecular flexibility index (Phi) is 6.00. The predicted molar refractivity (Wildman–Crippen MR) is 101 cm³/mol. The molecule has 0 bridgehead atoms. The first-order valence-corrected chi connectivity index (χ1v) is 8.81. The van der Waals surface area contributed by atoms with Crippen molar-refractivity contribution in [2.75, 3.05) is 19.0 Å². The van der Waals surface area contributed by atoms with Crippen LogP contribution in [0.25, 0.3) is 0 Å². The van der Waals surface area contributed by atoms with Gasteiger partial charge in [0.05, 0.1) is 12.6 Å². The third-order valence-corrected chi connectivity index (χ3v) is 4.20. The van der Waals surface area contributed by atoms with Crippen molar-refractivity contribution in [2.24, 2.45) is 5.92 Å². The van der Waals surface area contributed by atoms with E-state index in [-0.39, 0.29) is 6.03 Å². The lowest BCUT2D eigenvalue weighted by Gasteiger charge is -2.32. The molecule has 1 aromatic rings. The normalized spacial score (nSPS) is 16.2. The summed E-state index contributed by atoms with van der Waals surface area (Å²) >= 11 is 0. The van der Waals surface area contributed by atoms with Crippen molar-refractivity contribution >= 4 is 17.8 Å². The van der Waals surface area contributed by atoms with Crippen LogP contribution < -0.4 is 20.7 Å². The summed E-state index contributed by atoms with van der Waals surface area (Å²) in [7, 11) is 1.58. The molecule has 0 aliphatic heterocycles. The molecular weight excluding hydrogens is 334 g/mol. The topological polar surface area (TPSA) is 88.7 Å². The van der Waals surface area contributed by atoms with Crippen molar-refractivity contribution in [3.8, 4) is 5.75 Å². The van der Waals surface area contributed by atoms with Crippen LogP contribution in [0.1, 0.15) is 40.5 Å². The fourth-order valence-electron chi connectivity index (χ4n) is 2.70. The molecule has 0 heterocycles. The Morgan fingerprint density at radius 3 is 2.46 bits per heavy atom. The van der Waals surface area contributed by atoms with Crippen LogP contribution in [-0.4, -0.2) is 36.9 Å². The second kappa shape index (κ2) is 7.85. The van der Waals surface area contributed by atoms with Gasteiger partial charge in [-0.2, -0.15) is 0 Å². The van der Waals surface area contributed by atoms with Crippen LogP contribution in [0.2, 0.25) is 0 Å². The minimum absolute atomic E-state index is 0.304. The largest absolute Gasteiger partial charge is 0.497 e. The number of hydrogen-bond donors (Lipinski definition) is 3. The second-order valence-electron chi connectivity index (χ2n) is 7.86. The zero-order valence-electron chi connectivity index (χ0n) is 16.1. The highest BCUT2D eigenvalue weighted by Gasteiger charge is 2.43. The molecule has 3 N–H and O–H groups in total. The average molecular weight is 363 g/mol. The van der Waals surface area contributed by atoms with Crippen LogP contribution in [0.5, 0.6) is 5.75 Å². The van der Waals surface area contributed by atoms with E-state index in [4.69, 9.17) is 9.47 Å². The van der Waals surface area contributed by atoms with Crippen LogP contribution in [0, 0.1) is 5.92 Å². The maximum absolute atomic E-state index is 12.4. The third kappa shape index (κ3) is 6.13. The maximum Gasteiger partial charge on any atom is 0.407 e. The predicted octanol–water partition coefficient (Wildman–Crippen LogP) is 3.51. The van der Waals surface area contributed by atoms with Gasteiger partial charge in [0.1, 0.15) is 11.4 Å². The maximum atomic E-state index is 12.4. The molecule has 1 aromatic carbocycles. The van der Waals surface area contributed by atoms with Gasteiger partial charge < -0.3 is 25.4 Å². The summed E-state index contributed by atoms with van der Waals surface area (Å²) < 4.78 is 10.4. The quantitative estimate of drug-likeness (QED) is 0.721. The molecule has 0 aromatic heterocycles. The van der Waals surface area contributed by atoms with Gasteiger partial charge in [0, 0.05) is 18.3 Å². The Morgan fingerprint density at radius 2 is 1.88 bits per heavy atom. The summed E-state index contributed by atoms with van der Waals surface area (Å²) in [6, 6.07) is 6.82. The first kappa shape index (κ1) is 19.9. The van der Waals surface area contributed by atoms with Gasteiger partial charge >= 0.3 is 12.1 Å². The molecule has 0 unspecified atom stereocenters. The van der Waals surface area contributed by atoms with Gasteiger partial charge in [-0.1, -0.05) is 6.07 Å². The molecule has 1 aliphatic rings. The molecular formula is C19H29N3O4. The van der Waals surface area contributed by atoms with Crippen LogP contribution in [0.15, 0.2) is 24.3 Å². The fourth-order valence-corrected chi connectivity index (χ4v) is 2.70. The summed E-state index contributed by atoms with van der Waals surface area (Å²) in [6.45, 7) is 7.68. The van der Waals surface area contributed by atoms with Crippen LogP contribution >= 0.6 is 0 Å². The SMILES string of the molecule is COc1cccc(NC(=O)N[C@](C)(CNC(=O)OC(C)(C)C)C2CC2)c1. The highest BCUT2D eigenvalue weighted by Crippen LogP contribution is 2.39. The number of benzene rings is 1. The van der Waals surface area contributed by atoms with Gasteiger partial charge in [-0.3, -0.25) is 0 Å². The van der Waals surface area contributed by atoms with E-state index < -0.39 is 17.2 Å². The summed E-state index contributed by atoms with van der Waals surface area (Å²) in [6.07, 6.45) is 1.55. The van der Waals surface area contributed by atoms with E-state index in [1.807, 2.05) is 33.8 Å². The molecule has 26 heavy (non-hydrogen) atoms. The molecule has 0 radical (unpaired) electrons. The van der Waals surface area contributed by atoms with Crippen molar-refractivity contribution < 1.29 is 19.1 Å². The second-order valence-corrected chi connectivity index (χ2v) is 7.86. The lowest BCUT2D eigenvalue weighted by Crippen LogP contribution is -2.56. The van der Waals surface area contributed by atoms with Crippen molar-refractivity contribution in [1.29, 1.82) is 0 Å². The number of urea groups is 1. The van der Waals surface area contributed by atoms with E-state index >= 15 is 0 Å². The zero-order chi connectivity index (χ0) is 19.4. The van der Waals surface area contributed by atoms with E-state index in [9.17, 15) is 9.59 Å². The number of amides is 3. The lowest BCUT2D eigenvalue weighted by molar-refractivity contribution is 0.0509. The first-order valence-electron chi connectivity index (χ1n) is 8.81. The molecule has 7 nitrogen and oxygen atoms in total. The number of alkyl carbamates (subject to hydrolysis) is 1. The average Bonchev–Trinajstić information content (AvgIpc) is 3.37. The van der Waals surface area contributed by atoms with Crippen LogP contribution in [0.4, 0.5) is 15.3 Å². The Morgan fingerprint density at radius 1 is 1.19 bits per heavy atom. The van der Waals surface area contributed by atoms with E-state index in [0.717, 1.165) is 12.8 Å². The smallest absolute Gasteiger partial charge is 0.407 e. The zero-order valence-corrected chi connectivity index (χ0v) is 16.1. The summed E-state index contributed by atoms with van der Waals surface area (Å²) in [5.41, 5.74) is -0.461. The van der Waals surface area contributed by atoms with E-state index in [2.05, 4.69) is 16.0 Å². The Bertz CT molecular complexity index is 652. The number of nitrogens with one attached hydrogen (secondary N) is 3. The fraction of sp³-hybridized carbons (Fsp3) is 0.579. The van der Waals surface area contributed by atoms with Gasteiger partial charge in [0.2, 0.25) is 0 Å². The monoisotopic (exact) mass is 363 g/mol. The minimum Gasteiger partial charge on any atom is -0.497 e. The van der Waals surface area contributed by atoms with Crippen molar-refractivity contribution in [1.82, 2.24) is 10.6 Å². The third-order valence-electron chi connectivity index (χ3n) is 4.20. The van der Waals surface area contributed by atoms with Crippen LogP contribution in [0.3, 0.4) is 0 Å². The number of carbonyl (C=O) groups is 2. The summed E-state index contributed by atoms with van der Waals surface area (Å²) in [4.78, 5) is 24.3. The number of hydrogen-bond acceptors (Lipinski definition) is 4. The molecule has 3 amide bonds. The Labute approximate surface area is 154 Å². The van der Waals surface area contributed by atoms with E-state index in [0.29, 0.717) is 23.9 Å². The summed E-state index contributed by atoms with van der Waals surface area (Å²) in [5.74, 6) is 0.993. The number of anilines is 1. The molecule has 0 saturated heterocycles. The molecule has 144 valence electrons. The lowest BCUT2D eigenvalue weighted by atomic mass is 9.96. The van der Waals surface area contributed by atoms with E-state index in [1.54, 1.807) is 25.3 Å². The number of methoxy groups -OCH3 is 1. The molecule has 1 fully saturated rings. The first-order chi connectivity index (χ1) is 12.1. The minimum atomic E-state index is -0.558. The number of carbonyl (C=O) groups excluding carboxylic acids is 2. The summed E-state index contributed by atoms with van der Waals surface area (Å²) in [5, 5.41) is 8.57. The number of ether oxygens (including phenoxy) is 2. The molecule has 1 atom stereocenters. The van der Waals surface area contributed by atoms with Gasteiger partial charge in [0.25, 0.3) is 0 Å². The standard InChI is InChI=1S/C19H29N3O4/c1-18(2,3)26-17(24)20-12-19(4,13-9-10-13)22-16(23)21-14-7-6-8-15(11-14)25-5/h6-8,11,13H,9-10,12H2,1-5H3,(H,20,24)(H2,21,22,23)/t19-/m1/s1. The van der Waals surface area contributed by atoms with E-state index in [1.165, 1.54) is 0 Å². The van der Waals surface area contributed by atoms with Crippen molar-refractivity contribution in [3.63, 3.8) is 0 Å². The van der Waals surface area contributed by atoms with Crippen molar-refractivity contribution in [3.05, 3.63) is 24.3 Å². The highest BCUT2D eigenvalue weighted by atomic mass is 16.6. The van der Waals surface area contributed by atoms with Gasteiger partial charge in [-0.05, 0) is 58.6 Å². The van der Waals surface area contributed by atoms with Gasteiger partial charge in [-0.15, -0.1) is 0 Å². The van der Waals surface area contributed by atoms with Crippen LogP contribution in [-0.2, 0) is 4.74 Å². The Balaban J connectivity index is 1.93. The number of rotatable bonds is 6. The molecule has 0 spiro atoms. The van der Waals surface area contributed by atoms with Crippen molar-refractivity contribution in [2.45, 2.75) is 51.7 Å². The van der Waals surface area contributed by atoms with Gasteiger partial charge in [0.15, 0.2) is 0 Å². The highest BCUT2D eigenvalue weighted by molar-refractivity contribution is 5.90. The molecule has 1 aliphatic carbocycles.